The Morgan fingerprint density at radius 3 is 2.96 bits per heavy atom. The molecular formula is C16H14N4O4S. The Balaban J connectivity index is 1.83. The number of aromatic nitrogens is 1. The number of nitrogens with one attached hydrogen (secondary N) is 1. The van der Waals surface area contributed by atoms with Gasteiger partial charge in [0.15, 0.2) is 5.75 Å². The number of fused-ring (bicyclic) bond motifs is 1. The molecule has 0 fully saturated rings. The zero-order valence-electron chi connectivity index (χ0n) is 13.2. The highest BCUT2D eigenvalue weighted by molar-refractivity contribution is 7.22. The fraction of sp³-hybridized carbons (Fsp3) is 0.125. The van der Waals surface area contributed by atoms with Crippen LogP contribution in [0, 0.1) is 10.1 Å². The van der Waals surface area contributed by atoms with Crippen LogP contribution in [0.15, 0.2) is 41.5 Å². The summed E-state index contributed by atoms with van der Waals surface area (Å²) in [5, 5.41) is 25.6. The molecule has 0 radical (unpaired) electrons. The third kappa shape index (κ3) is 3.66. The van der Waals surface area contributed by atoms with Crippen LogP contribution in [0.3, 0.4) is 0 Å². The maximum atomic E-state index is 11.0. The summed E-state index contributed by atoms with van der Waals surface area (Å²) in [4.78, 5) is 14.7. The number of rotatable bonds is 6. The highest BCUT2D eigenvalue weighted by atomic mass is 32.1. The molecule has 2 aromatic carbocycles. The molecule has 128 valence electrons. The number of hydrogen-bond donors (Lipinski definition) is 2. The van der Waals surface area contributed by atoms with E-state index in [9.17, 15) is 15.2 Å². The summed E-state index contributed by atoms with van der Waals surface area (Å²) >= 11 is 1.45. The topological polar surface area (TPSA) is 110 Å². The molecular weight excluding hydrogens is 344 g/mol. The van der Waals surface area contributed by atoms with Gasteiger partial charge >= 0.3 is 5.69 Å². The van der Waals surface area contributed by atoms with Gasteiger partial charge in [0.05, 0.1) is 28.0 Å². The Morgan fingerprint density at radius 2 is 2.24 bits per heavy atom. The number of thiazole rings is 1. The molecule has 0 saturated carbocycles. The van der Waals surface area contributed by atoms with Crippen LogP contribution in [0.2, 0.25) is 0 Å². The van der Waals surface area contributed by atoms with Crippen molar-refractivity contribution in [2.75, 3.05) is 12.0 Å². The van der Waals surface area contributed by atoms with Gasteiger partial charge in [-0.2, -0.15) is 5.10 Å². The summed E-state index contributed by atoms with van der Waals surface area (Å²) in [5.74, 6) is -0.457. The van der Waals surface area contributed by atoms with Gasteiger partial charge in [-0.25, -0.2) is 4.98 Å². The molecule has 2 N–H and O–H groups in total. The molecule has 0 unspecified atom stereocenters. The normalized spacial score (nSPS) is 11.1. The molecule has 0 aliphatic carbocycles. The number of nitro benzene ring substituents is 1. The first-order chi connectivity index (χ1) is 12.1. The molecule has 9 heteroatoms. The van der Waals surface area contributed by atoms with Gasteiger partial charge in [0, 0.05) is 11.6 Å². The number of ether oxygens (including phenoxy) is 1. The Kier molecular flexibility index (Phi) is 4.75. The fourth-order valence-corrected chi connectivity index (χ4v) is 2.99. The van der Waals surface area contributed by atoms with Crippen LogP contribution in [0.1, 0.15) is 12.5 Å². The van der Waals surface area contributed by atoms with Crippen molar-refractivity contribution in [3.05, 3.63) is 52.1 Å². The van der Waals surface area contributed by atoms with E-state index in [2.05, 4.69) is 15.5 Å². The van der Waals surface area contributed by atoms with Crippen molar-refractivity contribution in [1.82, 2.24) is 4.98 Å². The second-order valence-electron chi connectivity index (χ2n) is 4.93. The monoisotopic (exact) mass is 358 g/mol. The van der Waals surface area contributed by atoms with E-state index in [0.29, 0.717) is 10.7 Å². The Morgan fingerprint density at radius 1 is 1.44 bits per heavy atom. The van der Waals surface area contributed by atoms with Crippen LogP contribution >= 0.6 is 11.3 Å². The highest BCUT2D eigenvalue weighted by Gasteiger charge is 2.19. The van der Waals surface area contributed by atoms with Crippen molar-refractivity contribution >= 4 is 38.6 Å². The van der Waals surface area contributed by atoms with Crippen molar-refractivity contribution in [2.24, 2.45) is 5.10 Å². The first kappa shape index (κ1) is 16.7. The second-order valence-corrected chi connectivity index (χ2v) is 5.96. The van der Waals surface area contributed by atoms with E-state index in [1.165, 1.54) is 29.7 Å². The van der Waals surface area contributed by atoms with Crippen molar-refractivity contribution in [3.8, 4) is 11.5 Å². The Labute approximate surface area is 146 Å². The molecule has 0 amide bonds. The molecule has 0 aliphatic rings. The summed E-state index contributed by atoms with van der Waals surface area (Å²) in [6.45, 7) is 2.00. The summed E-state index contributed by atoms with van der Waals surface area (Å²) in [7, 11) is 0. The largest absolute Gasteiger partial charge is 0.500 e. The minimum atomic E-state index is -0.670. The zero-order valence-corrected chi connectivity index (χ0v) is 14.0. The lowest BCUT2D eigenvalue weighted by molar-refractivity contribution is -0.386. The van der Waals surface area contributed by atoms with Gasteiger partial charge in [-0.3, -0.25) is 15.5 Å². The highest BCUT2D eigenvalue weighted by Crippen LogP contribution is 2.36. The number of benzene rings is 2. The van der Waals surface area contributed by atoms with Gasteiger partial charge in [-0.15, -0.1) is 0 Å². The van der Waals surface area contributed by atoms with E-state index >= 15 is 0 Å². The smallest absolute Gasteiger partial charge is 0.315 e. The predicted molar refractivity (Wildman–Crippen MR) is 96.8 cm³/mol. The first-order valence-corrected chi connectivity index (χ1v) is 8.19. The van der Waals surface area contributed by atoms with Crippen LogP contribution < -0.4 is 10.2 Å². The Bertz CT molecular complexity index is 921. The fourth-order valence-electron chi connectivity index (χ4n) is 2.18. The molecule has 0 bridgehead atoms. The molecule has 1 heterocycles. The van der Waals surface area contributed by atoms with E-state index in [1.54, 1.807) is 6.92 Å². The van der Waals surface area contributed by atoms with Crippen molar-refractivity contribution in [3.63, 3.8) is 0 Å². The number of anilines is 1. The standard InChI is InChI=1S/C16H14N4O4S/c1-2-24-13-8-10(7-12(15(13)21)20(22)23)9-17-19-16-18-11-5-3-4-6-14(11)25-16/h3-9,21H,2H2,1H3,(H,18,19)/b17-9+. The van der Waals surface area contributed by atoms with Crippen molar-refractivity contribution in [1.29, 1.82) is 0 Å². The van der Waals surface area contributed by atoms with E-state index in [-0.39, 0.29) is 12.4 Å². The molecule has 1 aromatic heterocycles. The maximum absolute atomic E-state index is 11.0. The first-order valence-electron chi connectivity index (χ1n) is 7.37. The average Bonchev–Trinajstić information content (AvgIpc) is 3.00. The van der Waals surface area contributed by atoms with Gasteiger partial charge < -0.3 is 9.84 Å². The van der Waals surface area contributed by atoms with Crippen LogP contribution in [0.5, 0.6) is 11.5 Å². The maximum Gasteiger partial charge on any atom is 0.315 e. The molecule has 0 atom stereocenters. The lowest BCUT2D eigenvalue weighted by Gasteiger charge is -2.07. The lowest BCUT2D eigenvalue weighted by Crippen LogP contribution is -1.98. The summed E-state index contributed by atoms with van der Waals surface area (Å²) in [6, 6.07) is 10.4. The molecule has 3 aromatic rings. The molecule has 0 saturated heterocycles. The Hall–Kier alpha value is -3.20. The van der Waals surface area contributed by atoms with E-state index in [1.807, 2.05) is 24.3 Å². The number of nitrogens with zero attached hydrogens (tertiary/aromatic N) is 3. The quantitative estimate of drug-likeness (QED) is 0.394. The predicted octanol–water partition coefficient (Wildman–Crippen LogP) is 3.75. The number of hydrazone groups is 1. The van der Waals surface area contributed by atoms with Gasteiger partial charge in [-0.1, -0.05) is 23.5 Å². The minimum absolute atomic E-state index is 0.0399. The minimum Gasteiger partial charge on any atom is -0.500 e. The van der Waals surface area contributed by atoms with Crippen molar-refractivity contribution < 1.29 is 14.8 Å². The van der Waals surface area contributed by atoms with E-state index in [4.69, 9.17) is 4.74 Å². The van der Waals surface area contributed by atoms with Crippen LogP contribution in [0.4, 0.5) is 10.8 Å². The summed E-state index contributed by atoms with van der Waals surface area (Å²) < 4.78 is 6.25. The van der Waals surface area contributed by atoms with Crippen LogP contribution in [-0.2, 0) is 0 Å². The molecule has 25 heavy (non-hydrogen) atoms. The van der Waals surface area contributed by atoms with E-state index in [0.717, 1.165) is 10.2 Å². The number of nitro groups is 1. The lowest BCUT2D eigenvalue weighted by atomic mass is 10.2. The van der Waals surface area contributed by atoms with Gasteiger partial charge in [0.2, 0.25) is 10.9 Å². The number of aromatic hydroxyl groups is 1. The van der Waals surface area contributed by atoms with E-state index < -0.39 is 16.4 Å². The number of phenolic OH excluding ortho intramolecular Hbond substituents is 1. The third-order valence-electron chi connectivity index (χ3n) is 3.24. The SMILES string of the molecule is CCOc1cc(/C=N/Nc2nc3ccccc3s2)cc([N+](=O)[O-])c1O. The molecule has 0 spiro atoms. The number of phenols is 1. The summed E-state index contributed by atoms with van der Waals surface area (Å²) in [5.41, 5.74) is 3.65. The second kappa shape index (κ2) is 7.14. The van der Waals surface area contributed by atoms with Gasteiger partial charge in [-0.05, 0) is 25.1 Å². The van der Waals surface area contributed by atoms with Gasteiger partial charge in [0.25, 0.3) is 0 Å². The van der Waals surface area contributed by atoms with Crippen LogP contribution in [0.25, 0.3) is 10.2 Å². The molecule has 8 nitrogen and oxygen atoms in total. The van der Waals surface area contributed by atoms with Gasteiger partial charge in [0.1, 0.15) is 0 Å². The zero-order chi connectivity index (χ0) is 17.8. The summed E-state index contributed by atoms with van der Waals surface area (Å²) in [6.07, 6.45) is 1.40. The van der Waals surface area contributed by atoms with Crippen molar-refractivity contribution in [2.45, 2.75) is 6.92 Å². The third-order valence-corrected chi connectivity index (χ3v) is 4.18. The molecule has 3 rings (SSSR count). The number of hydrogen-bond acceptors (Lipinski definition) is 8. The average molecular weight is 358 g/mol. The molecule has 0 aliphatic heterocycles. The number of para-hydroxylation sites is 1. The van der Waals surface area contributed by atoms with Crippen LogP contribution in [-0.4, -0.2) is 27.8 Å².